The Kier molecular flexibility index (Phi) is 7.04. The van der Waals surface area contributed by atoms with Crippen LogP contribution in [-0.4, -0.2) is 25.5 Å². The lowest BCUT2D eigenvalue weighted by Crippen LogP contribution is -2.23. The van der Waals surface area contributed by atoms with Gasteiger partial charge < -0.3 is 15.4 Å². The second-order valence-electron chi connectivity index (χ2n) is 5.75. The van der Waals surface area contributed by atoms with Crippen LogP contribution in [-0.2, 0) is 22.4 Å². The molecule has 0 atom stereocenters. The fourth-order valence-electron chi connectivity index (χ4n) is 2.70. The zero-order valence-electron chi connectivity index (χ0n) is 15.2. The number of anilines is 2. The second kappa shape index (κ2) is 9.25. The van der Waals surface area contributed by atoms with Gasteiger partial charge in [-0.2, -0.15) is 0 Å². The first-order valence-electron chi connectivity index (χ1n) is 8.52. The van der Waals surface area contributed by atoms with Crippen LogP contribution in [0.2, 0.25) is 5.02 Å². The highest BCUT2D eigenvalue weighted by Gasteiger charge is 2.12. The zero-order valence-corrected chi connectivity index (χ0v) is 15.9. The summed E-state index contributed by atoms with van der Waals surface area (Å²) in [4.78, 5) is 24.0. The first-order valence-corrected chi connectivity index (χ1v) is 8.90. The summed E-state index contributed by atoms with van der Waals surface area (Å²) < 4.78 is 4.69. The number of aryl methyl sites for hydroxylation is 2. The molecule has 0 aliphatic heterocycles. The normalized spacial score (nSPS) is 10.3. The zero-order chi connectivity index (χ0) is 19.1. The minimum absolute atomic E-state index is 0.1000. The van der Waals surface area contributed by atoms with E-state index in [1.807, 2.05) is 6.07 Å². The minimum atomic E-state index is -0.486. The highest BCUT2D eigenvalue weighted by molar-refractivity contribution is 6.33. The summed E-state index contributed by atoms with van der Waals surface area (Å²) in [6, 6.07) is 10.7. The lowest BCUT2D eigenvalue weighted by atomic mass is 10.0. The fourth-order valence-corrected chi connectivity index (χ4v) is 2.86. The molecule has 0 heterocycles. The van der Waals surface area contributed by atoms with Crippen molar-refractivity contribution in [2.24, 2.45) is 0 Å². The van der Waals surface area contributed by atoms with Gasteiger partial charge in [0.1, 0.15) is 0 Å². The number of amides is 1. The lowest BCUT2D eigenvalue weighted by molar-refractivity contribution is -0.114. The molecule has 138 valence electrons. The van der Waals surface area contributed by atoms with Gasteiger partial charge in [-0.3, -0.25) is 4.79 Å². The molecule has 5 nitrogen and oxygen atoms in total. The molecule has 0 unspecified atom stereocenters. The highest BCUT2D eigenvalue weighted by atomic mass is 35.5. The van der Waals surface area contributed by atoms with Crippen molar-refractivity contribution in [3.8, 4) is 0 Å². The van der Waals surface area contributed by atoms with Gasteiger partial charge in [0.2, 0.25) is 5.91 Å². The molecule has 6 heteroatoms. The van der Waals surface area contributed by atoms with Crippen molar-refractivity contribution in [1.29, 1.82) is 0 Å². The van der Waals surface area contributed by atoms with Gasteiger partial charge in [-0.15, -0.1) is 0 Å². The van der Waals surface area contributed by atoms with Crippen LogP contribution in [0.1, 0.15) is 35.3 Å². The van der Waals surface area contributed by atoms with Crippen molar-refractivity contribution < 1.29 is 14.3 Å². The molecule has 0 aliphatic carbocycles. The van der Waals surface area contributed by atoms with Crippen LogP contribution >= 0.6 is 11.6 Å². The Morgan fingerprint density at radius 3 is 2.31 bits per heavy atom. The molecule has 1 amide bonds. The highest BCUT2D eigenvalue weighted by Crippen LogP contribution is 2.24. The fraction of sp³-hybridized carbons (Fsp3) is 0.300. The summed E-state index contributed by atoms with van der Waals surface area (Å²) in [7, 11) is 1.30. The second-order valence-corrected chi connectivity index (χ2v) is 6.15. The van der Waals surface area contributed by atoms with Crippen molar-refractivity contribution in [2.45, 2.75) is 26.7 Å². The van der Waals surface area contributed by atoms with Crippen LogP contribution in [0.4, 0.5) is 11.4 Å². The summed E-state index contributed by atoms with van der Waals surface area (Å²) in [5.74, 6) is -0.735. The Morgan fingerprint density at radius 1 is 1.08 bits per heavy atom. The van der Waals surface area contributed by atoms with Crippen molar-refractivity contribution >= 4 is 34.9 Å². The van der Waals surface area contributed by atoms with E-state index < -0.39 is 5.97 Å². The van der Waals surface area contributed by atoms with Gasteiger partial charge in [0.05, 0.1) is 29.9 Å². The van der Waals surface area contributed by atoms with Crippen LogP contribution in [0.15, 0.2) is 36.4 Å². The van der Waals surface area contributed by atoms with Crippen molar-refractivity contribution in [3.63, 3.8) is 0 Å². The number of carbonyl (C=O) groups is 2. The van der Waals surface area contributed by atoms with Gasteiger partial charge in [0.25, 0.3) is 0 Å². The maximum atomic E-state index is 12.3. The number of hydrogen-bond acceptors (Lipinski definition) is 4. The Labute approximate surface area is 158 Å². The van der Waals surface area contributed by atoms with Gasteiger partial charge in [0.15, 0.2) is 0 Å². The quantitative estimate of drug-likeness (QED) is 0.709. The molecule has 2 aromatic rings. The van der Waals surface area contributed by atoms with E-state index in [0.717, 1.165) is 18.5 Å². The summed E-state index contributed by atoms with van der Waals surface area (Å²) in [5, 5.41) is 6.31. The number of methoxy groups -OCH3 is 1. The van der Waals surface area contributed by atoms with Crippen LogP contribution in [0, 0.1) is 0 Å². The molecular formula is C20H23ClN2O3. The van der Waals surface area contributed by atoms with E-state index in [0.29, 0.717) is 16.3 Å². The van der Waals surface area contributed by atoms with Crippen molar-refractivity contribution in [3.05, 3.63) is 58.1 Å². The number of carbonyl (C=O) groups excluding carboxylic acids is 2. The minimum Gasteiger partial charge on any atom is -0.465 e. The maximum absolute atomic E-state index is 12.3. The molecule has 2 N–H and O–H groups in total. The van der Waals surface area contributed by atoms with E-state index in [-0.39, 0.29) is 12.5 Å². The number of rotatable bonds is 7. The number of ether oxygens (including phenoxy) is 1. The smallest absolute Gasteiger partial charge is 0.337 e. The average molecular weight is 375 g/mol. The lowest BCUT2D eigenvalue weighted by Gasteiger charge is -2.15. The predicted octanol–water partition coefficient (Wildman–Crippen LogP) is 4.30. The molecule has 2 aromatic carbocycles. The van der Waals surface area contributed by atoms with E-state index >= 15 is 0 Å². The monoisotopic (exact) mass is 374 g/mol. The molecule has 0 radical (unpaired) electrons. The van der Waals surface area contributed by atoms with Crippen molar-refractivity contribution in [2.75, 3.05) is 24.3 Å². The number of halogens is 1. The molecule has 0 aromatic heterocycles. The van der Waals surface area contributed by atoms with Gasteiger partial charge >= 0.3 is 5.97 Å². The standard InChI is InChI=1S/C20H23ClN2O3/c1-4-13-7-6-8-14(5-2)19(13)22-12-18(24)23-17-11-15(20(25)26-3)9-10-16(17)21/h6-11,22H,4-5,12H2,1-3H3,(H,23,24). The maximum Gasteiger partial charge on any atom is 0.337 e. The summed E-state index contributed by atoms with van der Waals surface area (Å²) in [6.07, 6.45) is 1.76. The van der Waals surface area contributed by atoms with Gasteiger partial charge in [-0.1, -0.05) is 43.6 Å². The predicted molar refractivity (Wildman–Crippen MR) is 105 cm³/mol. The number of para-hydroxylation sites is 1. The molecule has 2 rings (SSSR count). The van der Waals surface area contributed by atoms with Gasteiger partial charge in [-0.25, -0.2) is 4.79 Å². The molecule has 0 bridgehead atoms. The summed E-state index contributed by atoms with van der Waals surface area (Å²) in [5.41, 5.74) is 4.04. The third-order valence-electron chi connectivity index (χ3n) is 4.09. The van der Waals surface area contributed by atoms with E-state index in [1.54, 1.807) is 12.1 Å². The number of hydrogen-bond donors (Lipinski definition) is 2. The topological polar surface area (TPSA) is 67.4 Å². The first kappa shape index (κ1) is 19.8. The molecule has 0 saturated carbocycles. The van der Waals surface area contributed by atoms with E-state index in [1.165, 1.54) is 24.3 Å². The van der Waals surface area contributed by atoms with Crippen LogP contribution < -0.4 is 10.6 Å². The molecule has 26 heavy (non-hydrogen) atoms. The molecule has 0 spiro atoms. The van der Waals surface area contributed by atoms with E-state index in [4.69, 9.17) is 11.6 Å². The van der Waals surface area contributed by atoms with Crippen molar-refractivity contribution in [1.82, 2.24) is 0 Å². The number of esters is 1. The van der Waals surface area contributed by atoms with E-state index in [9.17, 15) is 9.59 Å². The Bertz CT molecular complexity index is 783. The van der Waals surface area contributed by atoms with Crippen LogP contribution in [0.25, 0.3) is 0 Å². The Balaban J connectivity index is 2.10. The van der Waals surface area contributed by atoms with E-state index in [2.05, 4.69) is 41.4 Å². The molecular weight excluding hydrogens is 352 g/mol. The van der Waals surface area contributed by atoms with Crippen LogP contribution in [0.3, 0.4) is 0 Å². The Hall–Kier alpha value is -2.53. The largest absolute Gasteiger partial charge is 0.465 e. The third kappa shape index (κ3) is 4.76. The molecule has 0 fully saturated rings. The Morgan fingerprint density at radius 2 is 1.73 bits per heavy atom. The van der Waals surface area contributed by atoms with Gasteiger partial charge in [0, 0.05) is 5.69 Å². The van der Waals surface area contributed by atoms with Crippen LogP contribution in [0.5, 0.6) is 0 Å². The molecule has 0 aliphatic rings. The third-order valence-corrected chi connectivity index (χ3v) is 4.42. The number of nitrogens with one attached hydrogen (secondary N) is 2. The summed E-state index contributed by atoms with van der Waals surface area (Å²) in [6.45, 7) is 4.26. The SMILES string of the molecule is CCc1cccc(CC)c1NCC(=O)Nc1cc(C(=O)OC)ccc1Cl. The number of benzene rings is 2. The molecule has 0 saturated heterocycles. The summed E-state index contributed by atoms with van der Waals surface area (Å²) >= 11 is 6.11. The van der Waals surface area contributed by atoms with Gasteiger partial charge in [-0.05, 0) is 42.2 Å². The average Bonchev–Trinajstić information content (AvgIpc) is 2.66. The first-order chi connectivity index (χ1) is 12.5.